The Bertz CT molecular complexity index is 977. The Hall–Kier alpha value is -2.53. The first-order valence-corrected chi connectivity index (χ1v) is 8.55. The molecular formula is C20H17ClF2N2O. The molecule has 0 fully saturated rings. The molecule has 2 aromatic carbocycles. The van der Waals surface area contributed by atoms with Gasteiger partial charge < -0.3 is 5.32 Å². The van der Waals surface area contributed by atoms with Crippen molar-refractivity contribution in [2.24, 2.45) is 0 Å². The molecule has 0 spiro atoms. The van der Waals surface area contributed by atoms with Gasteiger partial charge in [-0.2, -0.15) is 0 Å². The van der Waals surface area contributed by atoms with Gasteiger partial charge in [0.1, 0.15) is 5.52 Å². The van der Waals surface area contributed by atoms with E-state index in [1.807, 2.05) is 38.1 Å². The second-order valence-electron chi connectivity index (χ2n) is 6.23. The molecule has 6 heteroatoms. The van der Waals surface area contributed by atoms with Crippen LogP contribution in [0.5, 0.6) is 0 Å². The molecule has 2 unspecified atom stereocenters. The predicted molar refractivity (Wildman–Crippen MR) is 98.5 cm³/mol. The van der Waals surface area contributed by atoms with Gasteiger partial charge in [0.05, 0.1) is 5.56 Å². The number of hydrogen-bond donors (Lipinski definition) is 1. The highest BCUT2D eigenvalue weighted by molar-refractivity contribution is 6.31. The van der Waals surface area contributed by atoms with Crippen LogP contribution in [0.15, 0.2) is 48.7 Å². The monoisotopic (exact) mass is 374 g/mol. The summed E-state index contributed by atoms with van der Waals surface area (Å²) in [6, 6.07) is 11.2. The van der Waals surface area contributed by atoms with Gasteiger partial charge in [-0.15, -0.1) is 0 Å². The summed E-state index contributed by atoms with van der Waals surface area (Å²) in [4.78, 5) is 16.4. The van der Waals surface area contributed by atoms with Crippen molar-refractivity contribution in [2.75, 3.05) is 0 Å². The third-order valence-electron chi connectivity index (χ3n) is 4.51. The zero-order valence-corrected chi connectivity index (χ0v) is 15.0. The number of amides is 1. The average molecular weight is 375 g/mol. The van der Waals surface area contributed by atoms with Crippen LogP contribution in [0, 0.1) is 11.6 Å². The Morgan fingerprint density at radius 1 is 1.15 bits per heavy atom. The highest BCUT2D eigenvalue weighted by atomic mass is 35.5. The van der Waals surface area contributed by atoms with Gasteiger partial charge in [0.15, 0.2) is 11.6 Å². The van der Waals surface area contributed by atoms with Gasteiger partial charge in [0.25, 0.3) is 5.91 Å². The third-order valence-corrected chi connectivity index (χ3v) is 4.85. The number of aromatic nitrogens is 1. The number of hydrogen-bond acceptors (Lipinski definition) is 2. The summed E-state index contributed by atoms with van der Waals surface area (Å²) in [6.07, 6.45) is 1.24. The van der Waals surface area contributed by atoms with E-state index in [1.54, 1.807) is 0 Å². The third kappa shape index (κ3) is 3.53. The predicted octanol–water partition coefficient (Wildman–Crippen LogP) is 5.09. The molecule has 0 saturated heterocycles. The minimum absolute atomic E-state index is 0.00685. The van der Waals surface area contributed by atoms with Crippen molar-refractivity contribution in [3.63, 3.8) is 0 Å². The fourth-order valence-corrected chi connectivity index (χ4v) is 3.10. The van der Waals surface area contributed by atoms with E-state index in [0.717, 1.165) is 11.6 Å². The molecule has 3 nitrogen and oxygen atoms in total. The van der Waals surface area contributed by atoms with Gasteiger partial charge in [0, 0.05) is 28.6 Å². The minimum atomic E-state index is -1.02. The summed E-state index contributed by atoms with van der Waals surface area (Å²) in [7, 11) is 0. The lowest BCUT2D eigenvalue weighted by atomic mass is 9.94. The van der Waals surface area contributed by atoms with Crippen molar-refractivity contribution in [2.45, 2.75) is 25.8 Å². The van der Waals surface area contributed by atoms with Crippen molar-refractivity contribution in [3.8, 4) is 0 Å². The number of carbonyl (C=O) groups excluding carboxylic acids is 1. The molecule has 3 aromatic rings. The van der Waals surface area contributed by atoms with Gasteiger partial charge >= 0.3 is 0 Å². The van der Waals surface area contributed by atoms with Gasteiger partial charge in [0.2, 0.25) is 0 Å². The molecule has 0 aliphatic carbocycles. The first kappa shape index (κ1) is 18.3. The molecule has 0 radical (unpaired) electrons. The Morgan fingerprint density at radius 3 is 2.62 bits per heavy atom. The summed E-state index contributed by atoms with van der Waals surface area (Å²) in [5.74, 6) is -2.33. The molecule has 1 aromatic heterocycles. The van der Waals surface area contributed by atoms with Gasteiger partial charge in [-0.05, 0) is 36.8 Å². The molecule has 1 N–H and O–H groups in total. The molecule has 1 amide bonds. The maximum absolute atomic E-state index is 13.7. The highest BCUT2D eigenvalue weighted by Gasteiger charge is 2.20. The first-order chi connectivity index (χ1) is 12.4. The Kier molecular flexibility index (Phi) is 5.18. The van der Waals surface area contributed by atoms with Crippen LogP contribution in [0.2, 0.25) is 5.02 Å². The van der Waals surface area contributed by atoms with Crippen LogP contribution < -0.4 is 5.32 Å². The lowest BCUT2D eigenvalue weighted by Crippen LogP contribution is -2.36. The number of fused-ring (bicyclic) bond motifs is 1. The zero-order chi connectivity index (χ0) is 18.8. The molecule has 0 saturated carbocycles. The van der Waals surface area contributed by atoms with E-state index in [1.165, 1.54) is 18.3 Å². The Balaban J connectivity index is 1.80. The summed E-state index contributed by atoms with van der Waals surface area (Å²) in [6.45, 7) is 3.86. The molecule has 3 rings (SSSR count). The van der Waals surface area contributed by atoms with Crippen LogP contribution >= 0.6 is 11.6 Å². The van der Waals surface area contributed by atoms with Crippen LogP contribution in [0.4, 0.5) is 8.78 Å². The number of rotatable bonds is 4. The number of nitrogens with one attached hydrogen (secondary N) is 1. The Labute approximate surface area is 155 Å². The highest BCUT2D eigenvalue weighted by Crippen LogP contribution is 2.27. The van der Waals surface area contributed by atoms with Crippen LogP contribution in [0.1, 0.15) is 35.7 Å². The largest absolute Gasteiger partial charge is 0.349 e. The Morgan fingerprint density at radius 2 is 1.88 bits per heavy atom. The molecular weight excluding hydrogens is 358 g/mol. The number of benzene rings is 2. The molecule has 0 aliphatic rings. The summed E-state index contributed by atoms with van der Waals surface area (Å²) in [5, 5.41) is 3.92. The van der Waals surface area contributed by atoms with Crippen LogP contribution in [0.25, 0.3) is 10.9 Å². The number of nitrogens with zero attached hydrogens (tertiary/aromatic N) is 1. The van der Waals surface area contributed by atoms with Crippen molar-refractivity contribution < 1.29 is 13.6 Å². The van der Waals surface area contributed by atoms with Crippen LogP contribution in [-0.4, -0.2) is 16.9 Å². The van der Waals surface area contributed by atoms with Crippen molar-refractivity contribution in [3.05, 3.63) is 76.4 Å². The fraction of sp³-hybridized carbons (Fsp3) is 0.200. The molecule has 2 atom stereocenters. The van der Waals surface area contributed by atoms with Crippen LogP contribution in [-0.2, 0) is 0 Å². The molecule has 0 bridgehead atoms. The lowest BCUT2D eigenvalue weighted by Gasteiger charge is -2.22. The quantitative estimate of drug-likeness (QED) is 0.691. The minimum Gasteiger partial charge on any atom is -0.349 e. The van der Waals surface area contributed by atoms with E-state index in [2.05, 4.69) is 10.3 Å². The fourth-order valence-electron chi connectivity index (χ4n) is 2.79. The van der Waals surface area contributed by atoms with Gasteiger partial charge in [-0.25, -0.2) is 8.78 Å². The summed E-state index contributed by atoms with van der Waals surface area (Å²) in [5.41, 5.74) is 1.12. The SMILES string of the molecule is CC(NC(=O)c1cnc2c(F)c(F)ccc2c1)C(C)c1ccccc1Cl. The van der Waals surface area contributed by atoms with Crippen molar-refractivity contribution in [1.29, 1.82) is 0 Å². The first-order valence-electron chi connectivity index (χ1n) is 8.17. The van der Waals surface area contributed by atoms with Crippen LogP contribution in [0.3, 0.4) is 0 Å². The van der Waals surface area contributed by atoms with Gasteiger partial charge in [-0.1, -0.05) is 36.7 Å². The average Bonchev–Trinajstić information content (AvgIpc) is 2.64. The van der Waals surface area contributed by atoms with E-state index >= 15 is 0 Å². The number of pyridine rings is 1. The molecule has 26 heavy (non-hydrogen) atoms. The van der Waals surface area contributed by atoms with Crippen molar-refractivity contribution in [1.82, 2.24) is 10.3 Å². The smallest absolute Gasteiger partial charge is 0.253 e. The van der Waals surface area contributed by atoms with E-state index in [9.17, 15) is 13.6 Å². The standard InChI is InChI=1S/C20H17ClF2N2O/c1-11(15-5-3-4-6-16(15)21)12(2)25-20(26)14-9-13-7-8-17(22)18(23)19(13)24-10-14/h3-12H,1-2H3,(H,25,26). The van der Waals surface area contributed by atoms with Gasteiger partial charge in [-0.3, -0.25) is 9.78 Å². The summed E-state index contributed by atoms with van der Waals surface area (Å²) >= 11 is 6.22. The molecule has 134 valence electrons. The van der Waals surface area contributed by atoms with E-state index in [0.29, 0.717) is 10.4 Å². The second-order valence-corrected chi connectivity index (χ2v) is 6.64. The molecule has 0 aliphatic heterocycles. The maximum atomic E-state index is 13.7. The lowest BCUT2D eigenvalue weighted by molar-refractivity contribution is 0.0935. The summed E-state index contributed by atoms with van der Waals surface area (Å²) < 4.78 is 27.0. The maximum Gasteiger partial charge on any atom is 0.253 e. The van der Waals surface area contributed by atoms with E-state index < -0.39 is 11.6 Å². The van der Waals surface area contributed by atoms with E-state index in [-0.39, 0.29) is 28.9 Å². The molecule has 1 heterocycles. The normalized spacial score (nSPS) is 13.4. The zero-order valence-electron chi connectivity index (χ0n) is 14.3. The van der Waals surface area contributed by atoms with E-state index in [4.69, 9.17) is 11.6 Å². The number of carbonyl (C=O) groups is 1. The second kappa shape index (κ2) is 7.38. The topological polar surface area (TPSA) is 42.0 Å². The number of halogens is 3. The van der Waals surface area contributed by atoms with Crippen molar-refractivity contribution >= 4 is 28.4 Å².